The summed E-state index contributed by atoms with van der Waals surface area (Å²) in [6, 6.07) is 10.5. The molecule has 6 nitrogen and oxygen atoms in total. The van der Waals surface area contributed by atoms with Crippen molar-refractivity contribution in [1.82, 2.24) is 9.29 Å². The maximum Gasteiger partial charge on any atom is 0.243 e. The van der Waals surface area contributed by atoms with E-state index in [-0.39, 0.29) is 16.6 Å². The third kappa shape index (κ3) is 5.23. The average Bonchev–Trinajstić information content (AvgIpc) is 3.16. The molecule has 0 spiro atoms. The number of nitrogens with one attached hydrogen (secondary N) is 1. The fraction of sp³-hybridized carbons (Fsp3) is 0.333. The van der Waals surface area contributed by atoms with Gasteiger partial charge in [-0.25, -0.2) is 13.4 Å². The molecular weight excluding hydrogens is 474 g/mol. The van der Waals surface area contributed by atoms with Crippen LogP contribution in [0.5, 0.6) is 0 Å². The van der Waals surface area contributed by atoms with E-state index in [1.54, 1.807) is 35.5 Å². The Kier molecular flexibility index (Phi) is 6.88. The molecule has 1 N–H and O–H groups in total. The fourth-order valence-corrected chi connectivity index (χ4v) is 7.25. The largest absolute Gasteiger partial charge is 0.325 e. The molecule has 0 atom stereocenters. The number of hydrogen-bond acceptors (Lipinski definition) is 6. The highest BCUT2D eigenvalue weighted by atomic mass is 35.5. The van der Waals surface area contributed by atoms with Crippen molar-refractivity contribution in [3.63, 3.8) is 0 Å². The summed E-state index contributed by atoms with van der Waals surface area (Å²) in [6.45, 7) is 2.86. The first-order valence-electron chi connectivity index (χ1n) is 9.92. The van der Waals surface area contributed by atoms with E-state index in [1.165, 1.54) is 23.1 Å². The van der Waals surface area contributed by atoms with Crippen molar-refractivity contribution >= 4 is 66.5 Å². The number of amides is 1. The van der Waals surface area contributed by atoms with Crippen molar-refractivity contribution in [2.45, 2.75) is 35.4 Å². The minimum absolute atomic E-state index is 0.176. The number of halogens is 1. The lowest BCUT2D eigenvalue weighted by atomic mass is 10.2. The second-order valence-corrected chi connectivity index (χ2v) is 12.0. The van der Waals surface area contributed by atoms with Crippen LogP contribution in [0.1, 0.15) is 24.8 Å². The number of piperidine rings is 1. The molecule has 1 aliphatic rings. The van der Waals surface area contributed by atoms with Crippen LogP contribution < -0.4 is 5.32 Å². The number of fused-ring (bicyclic) bond motifs is 1. The molecule has 4 rings (SSSR count). The van der Waals surface area contributed by atoms with Gasteiger partial charge in [0.1, 0.15) is 0 Å². The van der Waals surface area contributed by atoms with Gasteiger partial charge in [0.2, 0.25) is 15.9 Å². The number of aromatic nitrogens is 1. The van der Waals surface area contributed by atoms with Gasteiger partial charge in [-0.1, -0.05) is 35.9 Å². The van der Waals surface area contributed by atoms with E-state index in [0.717, 1.165) is 33.8 Å². The van der Waals surface area contributed by atoms with Crippen LogP contribution in [0, 0.1) is 6.92 Å². The molecule has 3 aromatic rings. The van der Waals surface area contributed by atoms with E-state index in [0.29, 0.717) is 29.4 Å². The van der Waals surface area contributed by atoms with Crippen molar-refractivity contribution in [2.75, 3.05) is 24.2 Å². The highest BCUT2D eigenvalue weighted by Gasteiger charge is 2.27. The minimum atomic E-state index is -3.57. The van der Waals surface area contributed by atoms with Gasteiger partial charge in [-0.2, -0.15) is 4.31 Å². The molecule has 0 radical (unpaired) electrons. The van der Waals surface area contributed by atoms with Gasteiger partial charge < -0.3 is 5.32 Å². The summed E-state index contributed by atoms with van der Waals surface area (Å²) in [5.74, 6) is -0.0391. The Labute approximate surface area is 195 Å². The first kappa shape index (κ1) is 22.5. The summed E-state index contributed by atoms with van der Waals surface area (Å²) in [6.07, 6.45) is 2.81. The Morgan fingerprint density at radius 1 is 1.19 bits per heavy atom. The van der Waals surface area contributed by atoms with Crippen molar-refractivity contribution in [2.24, 2.45) is 0 Å². The summed E-state index contributed by atoms with van der Waals surface area (Å²) >= 11 is 8.85. The molecule has 1 aromatic heterocycles. The third-order valence-corrected chi connectivity index (χ3v) is 9.52. The van der Waals surface area contributed by atoms with Crippen molar-refractivity contribution in [3.8, 4) is 0 Å². The zero-order valence-corrected chi connectivity index (χ0v) is 20.1. The van der Waals surface area contributed by atoms with Crippen LogP contribution in [0.25, 0.3) is 10.2 Å². The van der Waals surface area contributed by atoms with Gasteiger partial charge in [-0.15, -0.1) is 11.3 Å². The quantitative estimate of drug-likeness (QED) is 0.477. The number of thiazole rings is 1. The maximum absolute atomic E-state index is 13.1. The van der Waals surface area contributed by atoms with Crippen LogP contribution in [0.2, 0.25) is 5.02 Å². The molecule has 0 bridgehead atoms. The molecule has 0 unspecified atom stereocenters. The van der Waals surface area contributed by atoms with Gasteiger partial charge in [-0.05, 0) is 55.7 Å². The monoisotopic (exact) mass is 495 g/mol. The normalized spacial score (nSPS) is 15.3. The van der Waals surface area contributed by atoms with Crippen LogP contribution in [-0.2, 0) is 14.8 Å². The van der Waals surface area contributed by atoms with Gasteiger partial charge in [0.05, 0.1) is 20.9 Å². The molecule has 1 fully saturated rings. The predicted molar refractivity (Wildman–Crippen MR) is 128 cm³/mol. The van der Waals surface area contributed by atoms with Crippen LogP contribution in [0.4, 0.5) is 5.69 Å². The first-order chi connectivity index (χ1) is 14.8. The molecule has 164 valence electrons. The summed E-state index contributed by atoms with van der Waals surface area (Å²) in [4.78, 5) is 17.2. The second-order valence-electron chi connectivity index (χ2n) is 7.37. The van der Waals surface area contributed by atoms with Crippen molar-refractivity contribution < 1.29 is 13.2 Å². The van der Waals surface area contributed by atoms with Gasteiger partial charge >= 0.3 is 0 Å². The standard InChI is InChI=1S/C21H22ClN3O3S3/c1-14-5-7-16(12-19(14)31(27,28)25-9-3-2-4-10-25)23-20(26)13-29-21-24-17-11-15(22)6-8-18(17)30-21/h5-8,11-12H,2-4,9-10,13H2,1H3,(H,23,26). The molecule has 0 aliphatic carbocycles. The Morgan fingerprint density at radius 3 is 2.74 bits per heavy atom. The number of aryl methyl sites for hydroxylation is 1. The lowest BCUT2D eigenvalue weighted by molar-refractivity contribution is -0.113. The zero-order valence-electron chi connectivity index (χ0n) is 16.9. The van der Waals surface area contributed by atoms with Crippen molar-refractivity contribution in [3.05, 3.63) is 47.0 Å². The molecule has 1 aliphatic heterocycles. The zero-order chi connectivity index (χ0) is 22.0. The number of carbonyl (C=O) groups excluding carboxylic acids is 1. The lowest BCUT2D eigenvalue weighted by Gasteiger charge is -2.26. The summed E-state index contributed by atoms with van der Waals surface area (Å²) in [7, 11) is -3.57. The number of benzene rings is 2. The molecule has 0 saturated carbocycles. The second kappa shape index (κ2) is 9.46. The van der Waals surface area contributed by atoms with E-state index in [1.807, 2.05) is 12.1 Å². The maximum atomic E-state index is 13.1. The van der Waals surface area contributed by atoms with Gasteiger partial charge in [0.25, 0.3) is 0 Å². The number of anilines is 1. The highest BCUT2D eigenvalue weighted by Crippen LogP contribution is 2.31. The van der Waals surface area contributed by atoms with E-state index in [9.17, 15) is 13.2 Å². The third-order valence-electron chi connectivity index (χ3n) is 5.06. The molecule has 31 heavy (non-hydrogen) atoms. The summed E-state index contributed by atoms with van der Waals surface area (Å²) < 4.78 is 29.5. The average molecular weight is 496 g/mol. The van der Waals surface area contributed by atoms with Gasteiger partial charge in [-0.3, -0.25) is 4.79 Å². The fourth-order valence-electron chi connectivity index (χ4n) is 3.47. The molecule has 10 heteroatoms. The summed E-state index contributed by atoms with van der Waals surface area (Å²) in [5.41, 5.74) is 1.96. The Hall–Kier alpha value is -1.65. The molecule has 1 saturated heterocycles. The van der Waals surface area contributed by atoms with Crippen LogP contribution in [0.15, 0.2) is 45.6 Å². The van der Waals surface area contributed by atoms with Crippen LogP contribution >= 0.6 is 34.7 Å². The van der Waals surface area contributed by atoms with E-state index < -0.39 is 10.0 Å². The van der Waals surface area contributed by atoms with E-state index >= 15 is 0 Å². The van der Waals surface area contributed by atoms with Crippen LogP contribution in [-0.4, -0.2) is 42.5 Å². The molecule has 2 aromatic carbocycles. The highest BCUT2D eigenvalue weighted by molar-refractivity contribution is 8.01. The predicted octanol–water partition coefficient (Wildman–Crippen LogP) is 5.16. The molecule has 2 heterocycles. The topological polar surface area (TPSA) is 79.4 Å². The number of rotatable bonds is 6. The minimum Gasteiger partial charge on any atom is -0.325 e. The summed E-state index contributed by atoms with van der Waals surface area (Å²) in [5, 5.41) is 3.44. The van der Waals surface area contributed by atoms with Gasteiger partial charge in [0.15, 0.2) is 4.34 Å². The Balaban J connectivity index is 1.43. The number of sulfonamides is 1. The molecule has 1 amide bonds. The van der Waals surface area contributed by atoms with E-state index in [2.05, 4.69) is 10.3 Å². The first-order valence-corrected chi connectivity index (χ1v) is 13.5. The number of nitrogens with zero attached hydrogens (tertiary/aromatic N) is 2. The number of carbonyl (C=O) groups is 1. The lowest BCUT2D eigenvalue weighted by Crippen LogP contribution is -2.36. The Bertz CT molecular complexity index is 1220. The smallest absolute Gasteiger partial charge is 0.243 e. The van der Waals surface area contributed by atoms with Gasteiger partial charge in [0, 0.05) is 23.8 Å². The van der Waals surface area contributed by atoms with E-state index in [4.69, 9.17) is 11.6 Å². The van der Waals surface area contributed by atoms with Crippen LogP contribution in [0.3, 0.4) is 0 Å². The Morgan fingerprint density at radius 2 is 1.97 bits per heavy atom. The molecular formula is C21H22ClN3O3S3. The SMILES string of the molecule is Cc1ccc(NC(=O)CSc2nc3cc(Cl)ccc3s2)cc1S(=O)(=O)N1CCCCC1. The number of hydrogen-bond donors (Lipinski definition) is 1. The number of thioether (sulfide) groups is 1. The van der Waals surface area contributed by atoms with Crippen molar-refractivity contribution in [1.29, 1.82) is 0 Å².